The second-order valence-corrected chi connectivity index (χ2v) is 4.37. The maximum Gasteiger partial charge on any atom is 0.263 e. The SMILES string of the molecule is Cc1nc(-c2nc3c(n2C)CN(O)C3)oc1C. The third-order valence-electron chi connectivity index (χ3n) is 3.18. The van der Waals surface area contributed by atoms with E-state index in [1.165, 1.54) is 5.06 Å². The van der Waals surface area contributed by atoms with Gasteiger partial charge in [0.15, 0.2) is 5.82 Å². The lowest BCUT2D eigenvalue weighted by atomic mass is 10.4. The monoisotopic (exact) mass is 234 g/mol. The molecule has 0 aromatic carbocycles. The minimum atomic E-state index is 0.460. The molecule has 0 amide bonds. The van der Waals surface area contributed by atoms with Crippen LogP contribution in [0, 0.1) is 13.8 Å². The molecule has 17 heavy (non-hydrogen) atoms. The number of nitrogens with zero attached hydrogens (tertiary/aromatic N) is 4. The lowest BCUT2D eigenvalue weighted by Gasteiger charge is -2.05. The van der Waals surface area contributed by atoms with Crippen LogP contribution in [0.4, 0.5) is 0 Å². The van der Waals surface area contributed by atoms with Crippen molar-refractivity contribution in [3.63, 3.8) is 0 Å². The fraction of sp³-hybridized carbons (Fsp3) is 0.455. The van der Waals surface area contributed by atoms with Crippen LogP contribution in [0.1, 0.15) is 22.8 Å². The van der Waals surface area contributed by atoms with Crippen LogP contribution in [0.25, 0.3) is 11.7 Å². The maximum atomic E-state index is 9.41. The lowest BCUT2D eigenvalue weighted by molar-refractivity contribution is -0.0984. The van der Waals surface area contributed by atoms with E-state index in [2.05, 4.69) is 9.97 Å². The van der Waals surface area contributed by atoms with E-state index < -0.39 is 0 Å². The summed E-state index contributed by atoms with van der Waals surface area (Å²) in [7, 11) is 1.91. The zero-order valence-corrected chi connectivity index (χ0v) is 10.1. The molecule has 0 unspecified atom stereocenters. The highest BCUT2D eigenvalue weighted by atomic mass is 16.5. The Bertz CT molecular complexity index is 565. The summed E-state index contributed by atoms with van der Waals surface area (Å²) in [5.41, 5.74) is 2.78. The smallest absolute Gasteiger partial charge is 0.263 e. The molecule has 0 saturated carbocycles. The van der Waals surface area contributed by atoms with Crippen molar-refractivity contribution in [2.75, 3.05) is 0 Å². The van der Waals surface area contributed by atoms with Gasteiger partial charge in [-0.15, -0.1) is 0 Å². The quantitative estimate of drug-likeness (QED) is 0.807. The van der Waals surface area contributed by atoms with Crippen molar-refractivity contribution in [2.24, 2.45) is 7.05 Å². The Hall–Kier alpha value is -1.66. The van der Waals surface area contributed by atoms with Gasteiger partial charge in [0.2, 0.25) is 0 Å². The molecule has 90 valence electrons. The summed E-state index contributed by atoms with van der Waals surface area (Å²) < 4.78 is 7.50. The van der Waals surface area contributed by atoms with Crippen LogP contribution in [-0.2, 0) is 20.1 Å². The van der Waals surface area contributed by atoms with E-state index in [0.29, 0.717) is 19.0 Å². The van der Waals surface area contributed by atoms with Crippen LogP contribution in [0.2, 0.25) is 0 Å². The first-order valence-corrected chi connectivity index (χ1v) is 5.49. The van der Waals surface area contributed by atoms with E-state index >= 15 is 0 Å². The highest BCUT2D eigenvalue weighted by molar-refractivity contribution is 5.46. The molecule has 0 aliphatic carbocycles. The van der Waals surface area contributed by atoms with Crippen molar-refractivity contribution < 1.29 is 9.62 Å². The predicted molar refractivity (Wildman–Crippen MR) is 59.2 cm³/mol. The molecule has 1 N–H and O–H groups in total. The molecule has 0 radical (unpaired) electrons. The number of aromatic nitrogens is 3. The number of oxazole rings is 1. The van der Waals surface area contributed by atoms with Crippen LogP contribution < -0.4 is 0 Å². The molecule has 1 aliphatic heterocycles. The van der Waals surface area contributed by atoms with E-state index in [0.717, 1.165) is 28.7 Å². The standard InChI is InChI=1S/C11H14N4O2/c1-6-7(2)17-11(12-6)10-13-8-4-15(16)5-9(8)14(10)3/h16H,4-5H2,1-3H3. The second-order valence-electron chi connectivity index (χ2n) is 4.37. The first-order valence-electron chi connectivity index (χ1n) is 5.49. The average molecular weight is 234 g/mol. The van der Waals surface area contributed by atoms with Gasteiger partial charge in [0.05, 0.1) is 30.2 Å². The molecule has 0 saturated heterocycles. The highest BCUT2D eigenvalue weighted by Gasteiger charge is 2.26. The number of fused-ring (bicyclic) bond motifs is 1. The first kappa shape index (κ1) is 10.5. The largest absolute Gasteiger partial charge is 0.439 e. The van der Waals surface area contributed by atoms with E-state index in [9.17, 15) is 5.21 Å². The van der Waals surface area contributed by atoms with Gasteiger partial charge in [-0.1, -0.05) is 0 Å². The Kier molecular flexibility index (Phi) is 2.11. The highest BCUT2D eigenvalue weighted by Crippen LogP contribution is 2.27. The zero-order valence-electron chi connectivity index (χ0n) is 10.1. The molecule has 2 aromatic rings. The fourth-order valence-corrected chi connectivity index (χ4v) is 2.07. The molecule has 1 aliphatic rings. The number of hydrogen-bond acceptors (Lipinski definition) is 5. The van der Waals surface area contributed by atoms with Crippen molar-refractivity contribution in [3.05, 3.63) is 22.8 Å². The van der Waals surface area contributed by atoms with Crippen LogP contribution >= 0.6 is 0 Å². The van der Waals surface area contributed by atoms with Gasteiger partial charge in [-0.05, 0) is 13.8 Å². The third kappa shape index (κ3) is 1.49. The number of hydroxylamine groups is 2. The van der Waals surface area contributed by atoms with E-state index in [-0.39, 0.29) is 0 Å². The third-order valence-corrected chi connectivity index (χ3v) is 3.18. The molecule has 0 spiro atoms. The zero-order chi connectivity index (χ0) is 12.2. The van der Waals surface area contributed by atoms with E-state index in [1.54, 1.807) is 0 Å². The Morgan fingerprint density at radius 2 is 2.00 bits per heavy atom. The van der Waals surface area contributed by atoms with Crippen molar-refractivity contribution >= 4 is 0 Å². The van der Waals surface area contributed by atoms with Gasteiger partial charge in [0, 0.05) is 7.05 Å². The van der Waals surface area contributed by atoms with E-state index in [4.69, 9.17) is 4.42 Å². The fourth-order valence-electron chi connectivity index (χ4n) is 2.07. The molecule has 0 atom stereocenters. The topological polar surface area (TPSA) is 67.3 Å². The van der Waals surface area contributed by atoms with Gasteiger partial charge < -0.3 is 14.2 Å². The first-order chi connectivity index (χ1) is 8.06. The minimum absolute atomic E-state index is 0.460. The molecule has 3 heterocycles. The summed E-state index contributed by atoms with van der Waals surface area (Å²) in [6.45, 7) is 4.76. The molecule has 6 nitrogen and oxygen atoms in total. The van der Waals surface area contributed by atoms with Gasteiger partial charge in [-0.3, -0.25) is 0 Å². The van der Waals surface area contributed by atoms with Gasteiger partial charge in [0.25, 0.3) is 5.89 Å². The van der Waals surface area contributed by atoms with Crippen molar-refractivity contribution in [2.45, 2.75) is 26.9 Å². The molecule has 3 rings (SSSR count). The second kappa shape index (κ2) is 3.41. The van der Waals surface area contributed by atoms with Crippen molar-refractivity contribution in [1.82, 2.24) is 19.6 Å². The summed E-state index contributed by atoms with van der Waals surface area (Å²) in [5.74, 6) is 2.08. The van der Waals surface area contributed by atoms with Crippen LogP contribution in [0.3, 0.4) is 0 Å². The normalized spacial score (nSPS) is 15.5. The minimum Gasteiger partial charge on any atom is -0.439 e. The molecular weight excluding hydrogens is 220 g/mol. The van der Waals surface area contributed by atoms with Gasteiger partial charge in [0.1, 0.15) is 5.76 Å². The molecular formula is C11H14N4O2. The summed E-state index contributed by atoms with van der Waals surface area (Å²) >= 11 is 0. The Labute approximate surface area is 98.5 Å². The molecule has 0 fully saturated rings. The Morgan fingerprint density at radius 3 is 2.59 bits per heavy atom. The van der Waals surface area contributed by atoms with E-state index in [1.807, 2.05) is 25.5 Å². The number of hydrogen-bond donors (Lipinski definition) is 1. The van der Waals surface area contributed by atoms with Crippen LogP contribution in [0.5, 0.6) is 0 Å². The lowest BCUT2D eigenvalue weighted by Crippen LogP contribution is -2.12. The summed E-state index contributed by atoms with van der Waals surface area (Å²) in [6, 6.07) is 0. The van der Waals surface area contributed by atoms with Crippen molar-refractivity contribution in [1.29, 1.82) is 0 Å². The van der Waals surface area contributed by atoms with Gasteiger partial charge in [-0.25, -0.2) is 9.97 Å². The number of rotatable bonds is 1. The summed E-state index contributed by atoms with van der Waals surface area (Å²) in [5, 5.41) is 10.7. The Balaban J connectivity index is 2.09. The summed E-state index contributed by atoms with van der Waals surface area (Å²) in [6.07, 6.45) is 0. The molecule has 2 aromatic heterocycles. The maximum absolute atomic E-state index is 9.41. The number of aryl methyl sites for hydroxylation is 2. The van der Waals surface area contributed by atoms with Gasteiger partial charge in [-0.2, -0.15) is 5.06 Å². The molecule has 6 heteroatoms. The Morgan fingerprint density at radius 1 is 1.24 bits per heavy atom. The summed E-state index contributed by atoms with van der Waals surface area (Å²) in [4.78, 5) is 8.82. The van der Waals surface area contributed by atoms with Crippen LogP contribution in [-0.4, -0.2) is 24.8 Å². The van der Waals surface area contributed by atoms with Crippen LogP contribution in [0.15, 0.2) is 4.42 Å². The average Bonchev–Trinajstić information content (AvgIpc) is 2.86. The predicted octanol–water partition coefficient (Wildman–Crippen LogP) is 1.40. The molecule has 0 bridgehead atoms. The van der Waals surface area contributed by atoms with Gasteiger partial charge >= 0.3 is 0 Å². The number of imidazole rings is 1. The van der Waals surface area contributed by atoms with Crippen molar-refractivity contribution in [3.8, 4) is 11.7 Å².